The molecule has 10 heteroatoms. The summed E-state index contributed by atoms with van der Waals surface area (Å²) >= 11 is 9.45. The molecule has 0 fully saturated rings. The van der Waals surface area contributed by atoms with E-state index in [9.17, 15) is 14.4 Å². The molecule has 1 aliphatic heterocycles. The van der Waals surface area contributed by atoms with Gasteiger partial charge in [0.15, 0.2) is 12.4 Å². The number of carbonyl (C=O) groups excluding carboxylic acids is 3. The number of hydrogen-bond acceptors (Lipinski definition) is 7. The number of carbonyl (C=O) groups is 3. The molecule has 0 bridgehead atoms. The highest BCUT2D eigenvalue weighted by molar-refractivity contribution is 9.10. The summed E-state index contributed by atoms with van der Waals surface area (Å²) in [5.74, 6) is -1.61. The normalized spacial score (nSPS) is 18.6. The predicted molar refractivity (Wildman–Crippen MR) is 142 cm³/mol. The summed E-state index contributed by atoms with van der Waals surface area (Å²) < 4.78 is 17.4. The van der Waals surface area contributed by atoms with Crippen LogP contribution in [0.2, 0.25) is 5.02 Å². The van der Waals surface area contributed by atoms with Gasteiger partial charge in [0.05, 0.1) is 13.0 Å². The zero-order chi connectivity index (χ0) is 26.9. The van der Waals surface area contributed by atoms with Crippen LogP contribution in [0.5, 0.6) is 5.75 Å². The fourth-order valence-corrected chi connectivity index (χ4v) is 5.16. The minimum atomic E-state index is -0.900. The third-order valence-electron chi connectivity index (χ3n) is 6.11. The zero-order valence-electron chi connectivity index (χ0n) is 20.5. The molecule has 0 radical (unpaired) electrons. The SMILES string of the molecule is COC(=O)C1=C(N)OC2=C(C(=O)CC(C)(C)C2)C1c1cc(Br)ccc1OCC(=O)Nc1cccc(Cl)c1. The van der Waals surface area contributed by atoms with E-state index >= 15 is 0 Å². The monoisotopic (exact) mass is 588 g/mol. The lowest BCUT2D eigenvalue weighted by atomic mass is 9.70. The van der Waals surface area contributed by atoms with Gasteiger partial charge < -0.3 is 25.3 Å². The second kappa shape index (κ2) is 10.6. The molecule has 1 amide bonds. The highest BCUT2D eigenvalue weighted by atomic mass is 79.9. The summed E-state index contributed by atoms with van der Waals surface area (Å²) in [5.41, 5.74) is 7.21. The Bertz CT molecular complexity index is 1350. The third-order valence-corrected chi connectivity index (χ3v) is 6.84. The molecule has 0 saturated heterocycles. The number of amides is 1. The predicted octanol–water partition coefficient (Wildman–Crippen LogP) is 5.22. The Kier molecular flexibility index (Phi) is 7.66. The number of methoxy groups -OCH3 is 1. The second-order valence-corrected chi connectivity index (χ2v) is 11.0. The minimum absolute atomic E-state index is 0.000588. The second-order valence-electron chi connectivity index (χ2n) is 9.61. The van der Waals surface area contributed by atoms with Gasteiger partial charge >= 0.3 is 5.97 Å². The number of halogens is 2. The summed E-state index contributed by atoms with van der Waals surface area (Å²) in [6, 6.07) is 11.9. The Hall–Kier alpha value is -3.30. The molecule has 1 aliphatic carbocycles. The summed E-state index contributed by atoms with van der Waals surface area (Å²) in [5, 5.41) is 3.21. The summed E-state index contributed by atoms with van der Waals surface area (Å²) in [6.07, 6.45) is 0.734. The Balaban J connectivity index is 1.72. The van der Waals surface area contributed by atoms with E-state index in [1.807, 2.05) is 13.8 Å². The summed E-state index contributed by atoms with van der Waals surface area (Å²) in [4.78, 5) is 38.9. The summed E-state index contributed by atoms with van der Waals surface area (Å²) in [6.45, 7) is 3.61. The van der Waals surface area contributed by atoms with Crippen LogP contribution in [0.25, 0.3) is 0 Å². The number of allylic oxidation sites excluding steroid dienone is 2. The van der Waals surface area contributed by atoms with Gasteiger partial charge in [-0.2, -0.15) is 0 Å². The van der Waals surface area contributed by atoms with Crippen LogP contribution in [0, 0.1) is 5.41 Å². The standard InChI is InChI=1S/C27H26BrClN2O6/c1-27(2)11-18(32)23-20(12-27)37-25(30)24(26(34)35-3)22(23)17-9-14(28)7-8-19(17)36-13-21(33)31-16-6-4-5-15(29)10-16/h4-10,22H,11-13,30H2,1-3H3,(H,31,33). The van der Waals surface area contributed by atoms with Crippen LogP contribution in [0.1, 0.15) is 38.2 Å². The van der Waals surface area contributed by atoms with Gasteiger partial charge in [-0.1, -0.05) is 47.4 Å². The van der Waals surface area contributed by atoms with Crippen LogP contribution in [0.3, 0.4) is 0 Å². The first-order valence-electron chi connectivity index (χ1n) is 11.5. The van der Waals surface area contributed by atoms with Crippen LogP contribution >= 0.6 is 27.5 Å². The van der Waals surface area contributed by atoms with E-state index < -0.39 is 17.8 Å². The first kappa shape index (κ1) is 26.8. The molecule has 3 N–H and O–H groups in total. The molecule has 2 aromatic rings. The van der Waals surface area contributed by atoms with E-state index in [0.29, 0.717) is 44.2 Å². The number of esters is 1. The van der Waals surface area contributed by atoms with Crippen LogP contribution in [0.15, 0.2) is 69.7 Å². The van der Waals surface area contributed by atoms with Crippen molar-refractivity contribution < 1.29 is 28.6 Å². The molecule has 0 spiro atoms. The number of ether oxygens (including phenoxy) is 3. The van der Waals surface area contributed by atoms with Crippen molar-refractivity contribution in [2.45, 2.75) is 32.6 Å². The van der Waals surface area contributed by atoms with Gasteiger partial charge in [0.25, 0.3) is 5.91 Å². The van der Waals surface area contributed by atoms with Gasteiger partial charge in [-0.25, -0.2) is 4.79 Å². The lowest BCUT2D eigenvalue weighted by Crippen LogP contribution is -2.35. The number of ketones is 1. The van der Waals surface area contributed by atoms with Crippen molar-refractivity contribution in [1.29, 1.82) is 0 Å². The smallest absolute Gasteiger partial charge is 0.340 e. The van der Waals surface area contributed by atoms with Crippen molar-refractivity contribution in [2.75, 3.05) is 19.0 Å². The molecule has 1 unspecified atom stereocenters. The molecule has 0 saturated carbocycles. The Morgan fingerprint density at radius 2 is 1.97 bits per heavy atom. The fraction of sp³-hybridized carbons (Fsp3) is 0.296. The highest BCUT2D eigenvalue weighted by Gasteiger charge is 2.45. The van der Waals surface area contributed by atoms with E-state index in [4.69, 9.17) is 31.5 Å². The molecule has 0 aromatic heterocycles. The van der Waals surface area contributed by atoms with Crippen LogP contribution < -0.4 is 15.8 Å². The first-order chi connectivity index (χ1) is 17.5. The zero-order valence-corrected chi connectivity index (χ0v) is 22.9. The maximum Gasteiger partial charge on any atom is 0.340 e. The number of anilines is 1. The Morgan fingerprint density at radius 3 is 2.68 bits per heavy atom. The highest BCUT2D eigenvalue weighted by Crippen LogP contribution is 2.50. The molecule has 4 rings (SSSR count). The van der Waals surface area contributed by atoms with Crippen molar-refractivity contribution in [3.63, 3.8) is 0 Å². The van der Waals surface area contributed by atoms with Crippen molar-refractivity contribution in [3.8, 4) is 5.75 Å². The van der Waals surface area contributed by atoms with E-state index in [0.717, 1.165) is 0 Å². The van der Waals surface area contributed by atoms with Gasteiger partial charge in [0.1, 0.15) is 17.1 Å². The van der Waals surface area contributed by atoms with Crippen molar-refractivity contribution in [2.24, 2.45) is 11.1 Å². The van der Waals surface area contributed by atoms with Crippen molar-refractivity contribution >= 4 is 50.9 Å². The lowest BCUT2D eigenvalue weighted by Gasteiger charge is -2.38. The molecule has 37 heavy (non-hydrogen) atoms. The fourth-order valence-electron chi connectivity index (χ4n) is 4.59. The average Bonchev–Trinajstić information content (AvgIpc) is 2.81. The maximum absolute atomic E-state index is 13.4. The minimum Gasteiger partial charge on any atom is -0.483 e. The molecule has 194 valence electrons. The first-order valence-corrected chi connectivity index (χ1v) is 12.7. The number of hydrogen-bond donors (Lipinski definition) is 2. The third kappa shape index (κ3) is 5.83. The van der Waals surface area contributed by atoms with Gasteiger partial charge in [-0.3, -0.25) is 9.59 Å². The number of benzene rings is 2. The number of nitrogens with one attached hydrogen (secondary N) is 1. The van der Waals surface area contributed by atoms with E-state index in [-0.39, 0.29) is 35.7 Å². The molecule has 2 aromatic carbocycles. The molecule has 8 nitrogen and oxygen atoms in total. The van der Waals surface area contributed by atoms with Crippen molar-refractivity contribution in [3.05, 3.63) is 80.3 Å². The maximum atomic E-state index is 13.4. The number of nitrogens with two attached hydrogens (primary N) is 1. The average molecular weight is 590 g/mol. The number of Topliss-reactive ketones (excluding diaryl/α,β-unsaturated/α-hetero) is 1. The van der Waals surface area contributed by atoms with Crippen LogP contribution in [0.4, 0.5) is 5.69 Å². The molecule has 1 heterocycles. The Labute approximate surface area is 227 Å². The van der Waals surface area contributed by atoms with Gasteiger partial charge in [0.2, 0.25) is 5.88 Å². The molecular weight excluding hydrogens is 564 g/mol. The summed E-state index contributed by atoms with van der Waals surface area (Å²) in [7, 11) is 1.23. The Morgan fingerprint density at radius 1 is 1.22 bits per heavy atom. The largest absolute Gasteiger partial charge is 0.483 e. The number of rotatable bonds is 6. The van der Waals surface area contributed by atoms with E-state index in [1.165, 1.54) is 7.11 Å². The quantitative estimate of drug-likeness (QED) is 0.444. The van der Waals surface area contributed by atoms with Crippen LogP contribution in [-0.4, -0.2) is 31.4 Å². The molecular formula is C27H26BrClN2O6. The van der Waals surface area contributed by atoms with Gasteiger partial charge in [-0.15, -0.1) is 0 Å². The van der Waals surface area contributed by atoms with Gasteiger partial charge in [0, 0.05) is 39.2 Å². The lowest BCUT2D eigenvalue weighted by molar-refractivity contribution is -0.136. The van der Waals surface area contributed by atoms with Gasteiger partial charge in [-0.05, 0) is 41.8 Å². The van der Waals surface area contributed by atoms with E-state index in [2.05, 4.69) is 21.2 Å². The molecule has 1 atom stereocenters. The van der Waals surface area contributed by atoms with E-state index in [1.54, 1.807) is 42.5 Å². The molecule has 2 aliphatic rings. The topological polar surface area (TPSA) is 117 Å². The van der Waals surface area contributed by atoms with Crippen LogP contribution in [-0.2, 0) is 23.9 Å². The van der Waals surface area contributed by atoms with Crippen molar-refractivity contribution in [1.82, 2.24) is 0 Å².